The second kappa shape index (κ2) is 8.32. The molecule has 0 radical (unpaired) electrons. The number of carbonyl (C=O) groups excluding carboxylic acids is 1. The molecule has 2 aromatic rings. The Kier molecular flexibility index (Phi) is 7.07. The molecule has 1 aromatic heterocycles. The lowest BCUT2D eigenvalue weighted by atomic mass is 10.1. The minimum atomic E-state index is 0. The topological polar surface area (TPSA) is 45.2 Å². The van der Waals surface area contributed by atoms with Gasteiger partial charge in [0.05, 0.1) is 0 Å². The summed E-state index contributed by atoms with van der Waals surface area (Å²) in [5, 5.41) is 5.17. The highest BCUT2D eigenvalue weighted by Gasteiger charge is 2.30. The van der Waals surface area contributed by atoms with Crippen molar-refractivity contribution >= 4 is 41.5 Å². The SMILES string of the molecule is CNCC1CCCN1C(=O)c1nccc2ccccc12.Cl.Cl. The number of amides is 1. The summed E-state index contributed by atoms with van der Waals surface area (Å²) >= 11 is 0. The van der Waals surface area contributed by atoms with Crippen molar-refractivity contribution in [1.82, 2.24) is 15.2 Å². The zero-order chi connectivity index (χ0) is 13.9. The Morgan fingerprint density at radius 3 is 2.86 bits per heavy atom. The van der Waals surface area contributed by atoms with Gasteiger partial charge < -0.3 is 10.2 Å². The molecule has 4 nitrogen and oxygen atoms in total. The smallest absolute Gasteiger partial charge is 0.273 e. The predicted molar refractivity (Wildman–Crippen MR) is 94.2 cm³/mol. The van der Waals surface area contributed by atoms with Crippen LogP contribution in [0.4, 0.5) is 0 Å². The highest BCUT2D eigenvalue weighted by molar-refractivity contribution is 6.05. The highest BCUT2D eigenvalue weighted by atomic mass is 35.5. The molecule has 1 atom stereocenters. The number of rotatable bonds is 3. The lowest BCUT2D eigenvalue weighted by molar-refractivity contribution is 0.0733. The van der Waals surface area contributed by atoms with Gasteiger partial charge in [-0.1, -0.05) is 24.3 Å². The van der Waals surface area contributed by atoms with Crippen LogP contribution in [0.1, 0.15) is 23.3 Å². The first kappa shape index (κ1) is 18.7. The maximum absolute atomic E-state index is 12.8. The summed E-state index contributed by atoms with van der Waals surface area (Å²) in [6.07, 6.45) is 3.86. The van der Waals surface area contributed by atoms with E-state index >= 15 is 0 Å². The summed E-state index contributed by atoms with van der Waals surface area (Å²) in [6.45, 7) is 1.67. The number of halogens is 2. The van der Waals surface area contributed by atoms with Gasteiger partial charge in [0.25, 0.3) is 5.91 Å². The third-order valence-corrected chi connectivity index (χ3v) is 3.95. The fourth-order valence-electron chi connectivity index (χ4n) is 2.98. The Morgan fingerprint density at radius 2 is 2.09 bits per heavy atom. The molecule has 120 valence electrons. The van der Waals surface area contributed by atoms with Crippen molar-refractivity contribution in [2.24, 2.45) is 0 Å². The van der Waals surface area contributed by atoms with Gasteiger partial charge >= 0.3 is 0 Å². The third kappa shape index (κ3) is 3.51. The van der Waals surface area contributed by atoms with Gasteiger partial charge in [0.15, 0.2) is 0 Å². The van der Waals surface area contributed by atoms with Crippen LogP contribution in [0.25, 0.3) is 10.8 Å². The zero-order valence-electron chi connectivity index (χ0n) is 12.5. The molecule has 1 aromatic carbocycles. The van der Waals surface area contributed by atoms with E-state index in [0.29, 0.717) is 5.69 Å². The molecule has 0 spiro atoms. The molecule has 1 unspecified atom stereocenters. The van der Waals surface area contributed by atoms with E-state index < -0.39 is 0 Å². The molecule has 1 fully saturated rings. The molecular formula is C16H21Cl2N3O. The maximum atomic E-state index is 12.8. The van der Waals surface area contributed by atoms with Gasteiger partial charge in [0.2, 0.25) is 0 Å². The third-order valence-electron chi connectivity index (χ3n) is 3.95. The van der Waals surface area contributed by atoms with Gasteiger partial charge in [-0.3, -0.25) is 9.78 Å². The summed E-state index contributed by atoms with van der Waals surface area (Å²) in [5.41, 5.74) is 0.575. The second-order valence-electron chi connectivity index (χ2n) is 5.23. The summed E-state index contributed by atoms with van der Waals surface area (Å²) in [6, 6.07) is 10.2. The molecule has 0 aliphatic carbocycles. The van der Waals surface area contributed by atoms with Gasteiger partial charge in [0, 0.05) is 30.7 Å². The van der Waals surface area contributed by atoms with E-state index in [1.807, 2.05) is 42.3 Å². The largest absolute Gasteiger partial charge is 0.333 e. The van der Waals surface area contributed by atoms with E-state index in [2.05, 4.69) is 10.3 Å². The molecule has 1 amide bonds. The van der Waals surface area contributed by atoms with Crippen LogP contribution in [0, 0.1) is 0 Å². The molecule has 6 heteroatoms. The van der Waals surface area contributed by atoms with Crippen molar-refractivity contribution in [1.29, 1.82) is 0 Å². The van der Waals surface area contributed by atoms with E-state index in [0.717, 1.165) is 36.7 Å². The van der Waals surface area contributed by atoms with Crippen LogP contribution >= 0.6 is 24.8 Å². The Labute approximate surface area is 143 Å². The zero-order valence-corrected chi connectivity index (χ0v) is 14.1. The number of benzene rings is 1. The van der Waals surface area contributed by atoms with Crippen molar-refractivity contribution in [2.75, 3.05) is 20.1 Å². The van der Waals surface area contributed by atoms with Crippen molar-refractivity contribution < 1.29 is 4.79 Å². The number of carbonyl (C=O) groups is 1. The molecule has 0 saturated carbocycles. The number of likely N-dealkylation sites (tertiary alicyclic amines) is 1. The van der Waals surface area contributed by atoms with Crippen LogP contribution < -0.4 is 5.32 Å². The van der Waals surface area contributed by atoms with Crippen molar-refractivity contribution in [3.05, 3.63) is 42.2 Å². The Bertz CT molecular complexity index is 630. The number of pyridine rings is 1. The number of likely N-dealkylation sites (N-methyl/N-ethyl adjacent to an activating group) is 1. The molecule has 0 bridgehead atoms. The lowest BCUT2D eigenvalue weighted by Gasteiger charge is -2.24. The van der Waals surface area contributed by atoms with E-state index in [9.17, 15) is 4.79 Å². The van der Waals surface area contributed by atoms with E-state index in [-0.39, 0.29) is 36.8 Å². The number of hydrogen-bond donors (Lipinski definition) is 1. The van der Waals surface area contributed by atoms with E-state index in [1.54, 1.807) is 6.20 Å². The summed E-state index contributed by atoms with van der Waals surface area (Å²) in [4.78, 5) is 19.1. The molecule has 1 saturated heterocycles. The first-order valence-electron chi connectivity index (χ1n) is 7.10. The second-order valence-corrected chi connectivity index (χ2v) is 5.23. The average Bonchev–Trinajstić information content (AvgIpc) is 2.94. The fourth-order valence-corrected chi connectivity index (χ4v) is 2.98. The standard InChI is InChI=1S/C16H19N3O.2ClH/c1-17-11-13-6-4-10-19(13)16(20)15-14-7-3-2-5-12(14)8-9-18-15;;/h2-3,5,7-9,13,17H,4,6,10-11H2,1H3;2*1H. The van der Waals surface area contributed by atoms with Crippen LogP contribution in [0.3, 0.4) is 0 Å². The van der Waals surface area contributed by atoms with Crippen LogP contribution in [0.15, 0.2) is 36.5 Å². The fraction of sp³-hybridized carbons (Fsp3) is 0.375. The normalized spacial score (nSPS) is 17.0. The Hall–Kier alpha value is -1.36. The summed E-state index contributed by atoms with van der Waals surface area (Å²) in [5.74, 6) is 0.0551. The first-order chi connectivity index (χ1) is 9.81. The van der Waals surface area contributed by atoms with Crippen molar-refractivity contribution in [2.45, 2.75) is 18.9 Å². The molecule has 1 N–H and O–H groups in total. The lowest BCUT2D eigenvalue weighted by Crippen LogP contribution is -2.41. The number of hydrogen-bond acceptors (Lipinski definition) is 3. The van der Waals surface area contributed by atoms with Gasteiger partial charge in [-0.2, -0.15) is 0 Å². The number of nitrogens with zero attached hydrogens (tertiary/aromatic N) is 2. The Balaban J connectivity index is 0.00000121. The quantitative estimate of drug-likeness (QED) is 0.933. The minimum Gasteiger partial charge on any atom is -0.333 e. The monoisotopic (exact) mass is 341 g/mol. The first-order valence-corrected chi connectivity index (χ1v) is 7.10. The number of nitrogens with one attached hydrogen (secondary N) is 1. The van der Waals surface area contributed by atoms with E-state index in [4.69, 9.17) is 0 Å². The predicted octanol–water partition coefficient (Wildman–Crippen LogP) is 2.90. The molecule has 22 heavy (non-hydrogen) atoms. The van der Waals surface area contributed by atoms with Gasteiger partial charge in [-0.15, -0.1) is 24.8 Å². The number of fused-ring (bicyclic) bond motifs is 1. The molecule has 1 aliphatic heterocycles. The minimum absolute atomic E-state index is 0. The highest BCUT2D eigenvalue weighted by Crippen LogP contribution is 2.23. The molecular weight excluding hydrogens is 321 g/mol. The molecule has 1 aliphatic rings. The van der Waals surface area contributed by atoms with Crippen LogP contribution in [0.2, 0.25) is 0 Å². The maximum Gasteiger partial charge on any atom is 0.273 e. The van der Waals surface area contributed by atoms with Gasteiger partial charge in [-0.05, 0) is 31.3 Å². The Morgan fingerprint density at radius 1 is 1.32 bits per heavy atom. The van der Waals surface area contributed by atoms with Crippen LogP contribution in [0.5, 0.6) is 0 Å². The molecule has 2 heterocycles. The van der Waals surface area contributed by atoms with Gasteiger partial charge in [-0.25, -0.2) is 0 Å². The van der Waals surface area contributed by atoms with Crippen molar-refractivity contribution in [3.63, 3.8) is 0 Å². The summed E-state index contributed by atoms with van der Waals surface area (Å²) in [7, 11) is 1.93. The summed E-state index contributed by atoms with van der Waals surface area (Å²) < 4.78 is 0. The molecule has 3 rings (SSSR count). The van der Waals surface area contributed by atoms with Crippen molar-refractivity contribution in [3.8, 4) is 0 Å². The van der Waals surface area contributed by atoms with Gasteiger partial charge in [0.1, 0.15) is 5.69 Å². The average molecular weight is 342 g/mol. The van der Waals surface area contributed by atoms with Crippen LogP contribution in [-0.4, -0.2) is 42.0 Å². The van der Waals surface area contributed by atoms with E-state index in [1.165, 1.54) is 0 Å². The van der Waals surface area contributed by atoms with Crippen LogP contribution in [-0.2, 0) is 0 Å². The number of aromatic nitrogens is 1.